The van der Waals surface area contributed by atoms with Crippen LogP contribution in [0.1, 0.15) is 0 Å². The van der Waals surface area contributed by atoms with Crippen LogP contribution in [0.3, 0.4) is 0 Å². The second-order valence-corrected chi connectivity index (χ2v) is 5.64. The molecule has 0 bridgehead atoms. The van der Waals surface area contributed by atoms with Gasteiger partial charge in [-0.05, 0) is 34.2 Å². The van der Waals surface area contributed by atoms with Crippen molar-refractivity contribution in [2.75, 3.05) is 10.5 Å². The van der Waals surface area contributed by atoms with Crippen molar-refractivity contribution in [3.8, 4) is 0 Å². The van der Waals surface area contributed by atoms with Crippen LogP contribution in [0.15, 0.2) is 35.5 Å². The molecule has 1 aromatic carbocycles. The van der Waals surface area contributed by atoms with Crippen molar-refractivity contribution in [1.82, 2.24) is 9.55 Å². The van der Waals surface area contributed by atoms with Gasteiger partial charge in [-0.1, -0.05) is 0 Å². The topological polar surface area (TPSA) is 133 Å². The first-order chi connectivity index (χ1) is 9.31. The second-order valence-electron chi connectivity index (χ2n) is 3.96. The molecule has 1 heterocycles. The van der Waals surface area contributed by atoms with Gasteiger partial charge in [0.25, 0.3) is 10.0 Å². The lowest BCUT2D eigenvalue weighted by atomic mass is 10.3. The van der Waals surface area contributed by atoms with Gasteiger partial charge in [-0.3, -0.25) is 9.29 Å². The van der Waals surface area contributed by atoms with Gasteiger partial charge in [-0.15, -0.1) is 0 Å². The fourth-order valence-electron chi connectivity index (χ4n) is 1.50. The van der Waals surface area contributed by atoms with E-state index in [2.05, 4.69) is 9.71 Å². The third-order valence-corrected chi connectivity index (χ3v) is 3.87. The highest BCUT2D eigenvalue weighted by molar-refractivity contribution is 7.92. The molecule has 2 rings (SSSR count). The number of nitrogens with two attached hydrogens (primary N) is 1. The van der Waals surface area contributed by atoms with E-state index in [1.807, 2.05) is 0 Å². The van der Waals surface area contributed by atoms with Gasteiger partial charge in [0.05, 0.1) is 4.90 Å². The van der Waals surface area contributed by atoms with Crippen LogP contribution in [0.5, 0.6) is 0 Å². The van der Waals surface area contributed by atoms with E-state index >= 15 is 0 Å². The minimum atomic E-state index is -3.95. The minimum Gasteiger partial charge on any atom is -0.399 e. The number of imidazole rings is 1. The molecule has 0 aliphatic rings. The van der Waals surface area contributed by atoms with Gasteiger partial charge in [-0.2, -0.15) is 0 Å². The maximum atomic E-state index is 12.1. The highest BCUT2D eigenvalue weighted by Crippen LogP contribution is 2.24. The molecule has 3 N–H and O–H groups in total. The standard InChI is InChI=1S/C10H11N5O4S/c1-14-6-12-9(15(16)17)10(14)13-20(18,19)8-4-2-7(11)3-5-8/h2-6,13H,11H2,1H3. The number of nitrogens with one attached hydrogen (secondary N) is 1. The molecule has 20 heavy (non-hydrogen) atoms. The second kappa shape index (κ2) is 4.81. The molecule has 0 spiro atoms. The van der Waals surface area contributed by atoms with Crippen molar-refractivity contribution in [3.05, 3.63) is 40.7 Å². The Morgan fingerprint density at radius 3 is 2.50 bits per heavy atom. The highest BCUT2D eigenvalue weighted by Gasteiger charge is 2.25. The number of hydrogen-bond donors (Lipinski definition) is 2. The first-order valence-electron chi connectivity index (χ1n) is 5.35. The molecule has 10 heteroatoms. The lowest BCUT2D eigenvalue weighted by molar-refractivity contribution is -0.388. The predicted molar refractivity (Wildman–Crippen MR) is 71.5 cm³/mol. The van der Waals surface area contributed by atoms with E-state index in [4.69, 9.17) is 5.73 Å². The summed E-state index contributed by atoms with van der Waals surface area (Å²) in [6, 6.07) is 5.46. The summed E-state index contributed by atoms with van der Waals surface area (Å²) in [5.41, 5.74) is 5.89. The fraction of sp³-hybridized carbons (Fsp3) is 0.100. The Kier molecular flexibility index (Phi) is 3.32. The fourth-order valence-corrected chi connectivity index (χ4v) is 2.60. The normalized spacial score (nSPS) is 11.2. The maximum absolute atomic E-state index is 12.1. The molecule has 0 atom stereocenters. The molecule has 0 unspecified atom stereocenters. The van der Waals surface area contributed by atoms with Crippen LogP contribution in [-0.2, 0) is 17.1 Å². The summed E-state index contributed by atoms with van der Waals surface area (Å²) in [6.45, 7) is 0. The van der Waals surface area contributed by atoms with Crippen LogP contribution in [0.4, 0.5) is 17.3 Å². The molecule has 0 radical (unpaired) electrons. The number of nitro groups is 1. The third kappa shape index (κ3) is 2.54. The van der Waals surface area contributed by atoms with Crippen LogP contribution in [0.2, 0.25) is 0 Å². The van der Waals surface area contributed by atoms with Gasteiger partial charge < -0.3 is 15.8 Å². The largest absolute Gasteiger partial charge is 0.407 e. The molecule has 106 valence electrons. The van der Waals surface area contributed by atoms with Crippen LogP contribution >= 0.6 is 0 Å². The molecule has 0 amide bonds. The minimum absolute atomic E-state index is 0.0535. The molecule has 0 aliphatic carbocycles. The predicted octanol–water partition coefficient (Wildman–Crippen LogP) is 0.711. The molecule has 0 fully saturated rings. The third-order valence-electron chi connectivity index (χ3n) is 2.51. The van der Waals surface area contributed by atoms with Gasteiger partial charge in [0, 0.05) is 12.7 Å². The van der Waals surface area contributed by atoms with Gasteiger partial charge in [0.1, 0.15) is 0 Å². The Morgan fingerprint density at radius 2 is 1.95 bits per heavy atom. The summed E-state index contributed by atoms with van der Waals surface area (Å²) < 4.78 is 27.6. The van der Waals surface area contributed by atoms with Crippen molar-refractivity contribution < 1.29 is 13.3 Å². The van der Waals surface area contributed by atoms with Gasteiger partial charge in [0.2, 0.25) is 12.1 Å². The summed E-state index contributed by atoms with van der Waals surface area (Å²) in [7, 11) is -2.50. The molecular weight excluding hydrogens is 286 g/mol. The monoisotopic (exact) mass is 297 g/mol. The lowest BCUT2D eigenvalue weighted by Gasteiger charge is -2.07. The molecule has 0 saturated carbocycles. The number of aryl methyl sites for hydroxylation is 1. The van der Waals surface area contributed by atoms with Crippen LogP contribution in [-0.4, -0.2) is 22.9 Å². The number of nitrogens with zero attached hydrogens (tertiary/aromatic N) is 3. The summed E-state index contributed by atoms with van der Waals surface area (Å²) in [5, 5.41) is 10.8. The highest BCUT2D eigenvalue weighted by atomic mass is 32.2. The first-order valence-corrected chi connectivity index (χ1v) is 6.83. The average Bonchev–Trinajstić information content (AvgIpc) is 2.71. The van der Waals surface area contributed by atoms with Crippen molar-refractivity contribution in [3.63, 3.8) is 0 Å². The van der Waals surface area contributed by atoms with E-state index in [1.54, 1.807) is 0 Å². The molecule has 9 nitrogen and oxygen atoms in total. The number of hydrogen-bond acceptors (Lipinski definition) is 6. The zero-order chi connectivity index (χ0) is 14.9. The van der Waals surface area contributed by atoms with Crippen LogP contribution in [0, 0.1) is 10.1 Å². The van der Waals surface area contributed by atoms with E-state index in [0.717, 1.165) is 6.33 Å². The van der Waals surface area contributed by atoms with Gasteiger partial charge in [0.15, 0.2) is 0 Å². The zero-order valence-electron chi connectivity index (χ0n) is 10.3. The summed E-state index contributed by atoms with van der Waals surface area (Å²) >= 11 is 0. The molecule has 1 aromatic heterocycles. The van der Waals surface area contributed by atoms with Crippen LogP contribution in [0.25, 0.3) is 0 Å². The first kappa shape index (κ1) is 13.8. The van der Waals surface area contributed by atoms with E-state index in [0.29, 0.717) is 5.69 Å². The Hall–Kier alpha value is -2.62. The number of sulfonamides is 1. The number of nitrogen functional groups attached to an aromatic ring is 1. The quantitative estimate of drug-likeness (QED) is 0.485. The zero-order valence-corrected chi connectivity index (χ0v) is 11.2. The van der Waals surface area contributed by atoms with Crippen molar-refractivity contribution in [1.29, 1.82) is 0 Å². The average molecular weight is 297 g/mol. The smallest absolute Gasteiger partial charge is 0.399 e. The number of anilines is 2. The molecule has 0 saturated heterocycles. The molecule has 2 aromatic rings. The van der Waals surface area contributed by atoms with Crippen molar-refractivity contribution >= 4 is 27.3 Å². The Labute approximate surface area is 114 Å². The number of benzene rings is 1. The summed E-state index contributed by atoms with van der Waals surface area (Å²) in [5.74, 6) is -0.779. The number of aromatic nitrogens is 2. The maximum Gasteiger partial charge on any atom is 0.407 e. The lowest BCUT2D eigenvalue weighted by Crippen LogP contribution is -2.16. The van der Waals surface area contributed by atoms with Gasteiger partial charge >= 0.3 is 5.82 Å². The van der Waals surface area contributed by atoms with Gasteiger partial charge in [-0.25, -0.2) is 8.42 Å². The number of rotatable bonds is 4. The molecular formula is C10H11N5O4S. The van der Waals surface area contributed by atoms with E-state index in [9.17, 15) is 18.5 Å². The summed E-state index contributed by atoms with van der Waals surface area (Å²) in [6.07, 6.45) is 1.15. The summed E-state index contributed by atoms with van der Waals surface area (Å²) in [4.78, 5) is 13.5. The van der Waals surface area contributed by atoms with Crippen molar-refractivity contribution in [2.24, 2.45) is 7.05 Å². The van der Waals surface area contributed by atoms with Crippen molar-refractivity contribution in [2.45, 2.75) is 4.90 Å². The Bertz CT molecular complexity index is 750. The van der Waals surface area contributed by atoms with E-state index < -0.39 is 20.8 Å². The van der Waals surface area contributed by atoms with E-state index in [-0.39, 0.29) is 10.7 Å². The Balaban J connectivity index is 2.41. The SMILES string of the molecule is Cn1cnc([N+](=O)[O-])c1NS(=O)(=O)c1ccc(N)cc1. The van der Waals surface area contributed by atoms with Crippen LogP contribution < -0.4 is 10.5 Å². The van der Waals surface area contributed by atoms with E-state index in [1.165, 1.54) is 35.9 Å². The molecule has 0 aliphatic heterocycles. The Morgan fingerprint density at radius 1 is 1.35 bits per heavy atom.